The van der Waals surface area contributed by atoms with Crippen molar-refractivity contribution in [1.29, 1.82) is 0 Å². The molecule has 0 aliphatic heterocycles. The van der Waals surface area contributed by atoms with E-state index >= 15 is 0 Å². The van der Waals surface area contributed by atoms with Crippen LogP contribution in [0.3, 0.4) is 0 Å². The molecule has 1 rings (SSSR count). The number of rotatable bonds is 5. The molecule has 0 aliphatic rings. The molecule has 1 atom stereocenters. The fourth-order valence-corrected chi connectivity index (χ4v) is 2.13. The van der Waals surface area contributed by atoms with Crippen LogP contribution in [0.4, 0.5) is 0 Å². The lowest BCUT2D eigenvalue weighted by molar-refractivity contribution is -0.117. The first-order valence-corrected chi connectivity index (χ1v) is 5.84. The highest BCUT2D eigenvalue weighted by atomic mass is 16.3. The van der Waals surface area contributed by atoms with E-state index in [1.165, 1.54) is 0 Å². The molecule has 0 saturated carbocycles. The first-order chi connectivity index (χ1) is 7.56. The Morgan fingerprint density at radius 2 is 2.12 bits per heavy atom. The minimum atomic E-state index is 0.214. The molecule has 1 aromatic rings. The molecule has 0 bridgehead atoms. The molecule has 0 fully saturated rings. The fraction of sp³-hybridized carbons (Fsp3) is 0.500. The molecule has 88 valence electrons. The highest BCUT2D eigenvalue weighted by molar-refractivity contribution is 5.75. The van der Waals surface area contributed by atoms with Crippen molar-refractivity contribution in [3.63, 3.8) is 0 Å². The minimum absolute atomic E-state index is 0.214. The highest BCUT2D eigenvalue weighted by Crippen LogP contribution is 2.34. The Morgan fingerprint density at radius 3 is 2.62 bits per heavy atom. The lowest BCUT2D eigenvalue weighted by atomic mass is 9.87. The fourth-order valence-electron chi connectivity index (χ4n) is 2.13. The number of phenolic OH excluding ortho intramolecular Hbond substituents is 1. The molecule has 0 aromatic heterocycles. The molecule has 1 unspecified atom stereocenters. The molecule has 0 heterocycles. The van der Waals surface area contributed by atoms with Crippen LogP contribution >= 0.6 is 0 Å². The van der Waals surface area contributed by atoms with E-state index in [4.69, 9.17) is 0 Å². The van der Waals surface area contributed by atoms with Gasteiger partial charge in [-0.25, -0.2) is 0 Å². The Labute approximate surface area is 97.3 Å². The zero-order chi connectivity index (χ0) is 12.1. The summed E-state index contributed by atoms with van der Waals surface area (Å²) >= 11 is 0. The summed E-state index contributed by atoms with van der Waals surface area (Å²) in [6, 6.07) is 5.58. The molecule has 0 amide bonds. The highest BCUT2D eigenvalue weighted by Gasteiger charge is 2.16. The first-order valence-electron chi connectivity index (χ1n) is 5.84. The summed E-state index contributed by atoms with van der Waals surface area (Å²) in [6.07, 6.45) is 2.36. The molecule has 0 aliphatic carbocycles. The normalized spacial score (nSPS) is 12.4. The summed E-state index contributed by atoms with van der Waals surface area (Å²) < 4.78 is 0. The van der Waals surface area contributed by atoms with Gasteiger partial charge in [0.1, 0.15) is 11.5 Å². The van der Waals surface area contributed by atoms with Crippen LogP contribution in [0.2, 0.25) is 0 Å². The van der Waals surface area contributed by atoms with Crippen molar-refractivity contribution in [1.82, 2.24) is 0 Å². The largest absolute Gasteiger partial charge is 0.508 e. The van der Waals surface area contributed by atoms with Gasteiger partial charge in [0.25, 0.3) is 0 Å². The number of aryl methyl sites for hydroxylation is 1. The number of carbonyl (C=O) groups is 1. The molecule has 0 saturated heterocycles. The van der Waals surface area contributed by atoms with Gasteiger partial charge in [-0.2, -0.15) is 0 Å². The van der Waals surface area contributed by atoms with Gasteiger partial charge in [0.15, 0.2) is 0 Å². The van der Waals surface area contributed by atoms with E-state index in [-0.39, 0.29) is 11.7 Å². The first kappa shape index (κ1) is 12.8. The monoisotopic (exact) mass is 220 g/mol. The second kappa shape index (κ2) is 5.69. The Morgan fingerprint density at radius 1 is 1.44 bits per heavy atom. The Balaban J connectivity index is 2.90. The van der Waals surface area contributed by atoms with E-state index in [2.05, 4.69) is 6.92 Å². The van der Waals surface area contributed by atoms with E-state index in [1.54, 1.807) is 13.0 Å². The van der Waals surface area contributed by atoms with Crippen molar-refractivity contribution in [3.05, 3.63) is 29.3 Å². The molecule has 0 spiro atoms. The van der Waals surface area contributed by atoms with Crippen molar-refractivity contribution in [2.75, 3.05) is 0 Å². The Hall–Kier alpha value is -1.31. The maximum atomic E-state index is 11.0. The molecule has 0 radical (unpaired) electrons. The number of aromatic hydroxyl groups is 1. The number of Topliss-reactive ketones (excluding diaryl/α,β-unsaturated/α-hetero) is 1. The summed E-state index contributed by atoms with van der Waals surface area (Å²) in [6.45, 7) is 5.71. The van der Waals surface area contributed by atoms with Gasteiger partial charge in [0, 0.05) is 6.42 Å². The predicted molar refractivity (Wildman–Crippen MR) is 65.8 cm³/mol. The van der Waals surface area contributed by atoms with E-state index in [0.29, 0.717) is 12.2 Å². The SMILES string of the molecule is CCC(CCC(C)=O)c1c(C)cccc1O. The Kier molecular flexibility index (Phi) is 4.53. The second-order valence-electron chi connectivity index (χ2n) is 4.35. The Bertz CT molecular complexity index is 349. The summed E-state index contributed by atoms with van der Waals surface area (Å²) in [5, 5.41) is 9.87. The quantitative estimate of drug-likeness (QED) is 0.823. The van der Waals surface area contributed by atoms with Crippen LogP contribution in [0.1, 0.15) is 50.2 Å². The summed E-state index contributed by atoms with van der Waals surface area (Å²) in [4.78, 5) is 11.0. The van der Waals surface area contributed by atoms with Crippen LogP contribution < -0.4 is 0 Å². The smallest absolute Gasteiger partial charge is 0.129 e. The summed E-state index contributed by atoms with van der Waals surface area (Å²) in [5.41, 5.74) is 2.11. The topological polar surface area (TPSA) is 37.3 Å². The van der Waals surface area contributed by atoms with Crippen molar-refractivity contribution < 1.29 is 9.90 Å². The van der Waals surface area contributed by atoms with Crippen LogP contribution in [0.25, 0.3) is 0 Å². The molecule has 16 heavy (non-hydrogen) atoms. The lowest BCUT2D eigenvalue weighted by Crippen LogP contribution is -2.03. The number of benzene rings is 1. The van der Waals surface area contributed by atoms with Gasteiger partial charge in [-0.1, -0.05) is 19.1 Å². The summed E-state index contributed by atoms with van der Waals surface area (Å²) in [5.74, 6) is 0.854. The lowest BCUT2D eigenvalue weighted by Gasteiger charge is -2.18. The number of phenols is 1. The van der Waals surface area contributed by atoms with E-state index < -0.39 is 0 Å². The van der Waals surface area contributed by atoms with E-state index in [9.17, 15) is 9.90 Å². The van der Waals surface area contributed by atoms with Crippen LogP contribution in [0.15, 0.2) is 18.2 Å². The van der Waals surface area contributed by atoms with Gasteiger partial charge in [0.05, 0.1) is 0 Å². The van der Waals surface area contributed by atoms with Crippen molar-refractivity contribution >= 4 is 5.78 Å². The van der Waals surface area contributed by atoms with Gasteiger partial charge in [-0.3, -0.25) is 0 Å². The third-order valence-electron chi connectivity index (χ3n) is 3.05. The number of carbonyl (C=O) groups excluding carboxylic acids is 1. The van der Waals surface area contributed by atoms with Crippen LogP contribution in [0, 0.1) is 6.92 Å². The zero-order valence-corrected chi connectivity index (χ0v) is 10.3. The zero-order valence-electron chi connectivity index (χ0n) is 10.3. The third kappa shape index (κ3) is 3.09. The molecule has 2 heteroatoms. The van der Waals surface area contributed by atoms with Gasteiger partial charge < -0.3 is 9.90 Å². The van der Waals surface area contributed by atoms with Gasteiger partial charge in [-0.05, 0) is 49.8 Å². The van der Waals surface area contributed by atoms with Crippen LogP contribution in [0.5, 0.6) is 5.75 Å². The maximum absolute atomic E-state index is 11.0. The van der Waals surface area contributed by atoms with Crippen LogP contribution in [-0.4, -0.2) is 10.9 Å². The molecular formula is C14H20O2. The average Bonchev–Trinajstić information content (AvgIpc) is 2.22. The number of ketones is 1. The molecular weight excluding hydrogens is 200 g/mol. The molecule has 2 nitrogen and oxygen atoms in total. The van der Waals surface area contributed by atoms with Gasteiger partial charge in [0.2, 0.25) is 0 Å². The molecule has 1 N–H and O–H groups in total. The third-order valence-corrected chi connectivity index (χ3v) is 3.05. The van der Waals surface area contributed by atoms with Crippen molar-refractivity contribution in [2.45, 2.75) is 46.0 Å². The van der Waals surface area contributed by atoms with Gasteiger partial charge in [-0.15, -0.1) is 0 Å². The second-order valence-corrected chi connectivity index (χ2v) is 4.35. The van der Waals surface area contributed by atoms with Crippen LogP contribution in [-0.2, 0) is 4.79 Å². The molecule has 1 aromatic carbocycles. The van der Waals surface area contributed by atoms with Crippen molar-refractivity contribution in [2.24, 2.45) is 0 Å². The number of hydrogen-bond donors (Lipinski definition) is 1. The maximum Gasteiger partial charge on any atom is 0.129 e. The van der Waals surface area contributed by atoms with E-state index in [1.807, 2.05) is 19.1 Å². The van der Waals surface area contributed by atoms with Crippen molar-refractivity contribution in [3.8, 4) is 5.75 Å². The van der Waals surface area contributed by atoms with E-state index in [0.717, 1.165) is 24.0 Å². The average molecular weight is 220 g/mol. The minimum Gasteiger partial charge on any atom is -0.508 e. The van der Waals surface area contributed by atoms with Gasteiger partial charge >= 0.3 is 0 Å². The summed E-state index contributed by atoms with van der Waals surface area (Å²) in [7, 11) is 0. The predicted octanol–water partition coefficient (Wildman–Crippen LogP) is 3.56. The standard InChI is InChI=1S/C14H20O2/c1-4-12(9-8-11(3)15)14-10(2)6-5-7-13(14)16/h5-7,12,16H,4,8-9H2,1-3H3. The number of hydrogen-bond acceptors (Lipinski definition) is 2.